The zero-order chi connectivity index (χ0) is 15.3. The largest absolute Gasteiger partial charge is 0.229 e. The molecule has 0 spiro atoms. The number of benzene rings is 3. The minimum Gasteiger partial charge on any atom is -0.229 e. The van der Waals surface area contributed by atoms with Gasteiger partial charge in [-0.25, -0.2) is 8.42 Å². The van der Waals surface area contributed by atoms with Crippen molar-refractivity contribution in [3.8, 4) is 0 Å². The number of rotatable bonds is 1. The van der Waals surface area contributed by atoms with Gasteiger partial charge in [0.25, 0.3) is 0 Å². The fraction of sp³-hybridized carbons (Fsp3) is 0.263. The van der Waals surface area contributed by atoms with E-state index in [9.17, 15) is 8.42 Å². The summed E-state index contributed by atoms with van der Waals surface area (Å²) >= 11 is 0. The van der Waals surface area contributed by atoms with Gasteiger partial charge in [-0.05, 0) is 51.9 Å². The van der Waals surface area contributed by atoms with Crippen LogP contribution in [0.1, 0.15) is 17.5 Å². The highest BCUT2D eigenvalue weighted by Crippen LogP contribution is 2.34. The van der Waals surface area contributed by atoms with E-state index < -0.39 is 9.84 Å². The lowest BCUT2D eigenvalue weighted by molar-refractivity contribution is 0.568. The molecule has 1 unspecified atom stereocenters. The molecule has 0 saturated carbocycles. The Bertz CT molecular complexity index is 987. The Morgan fingerprint density at radius 3 is 2.50 bits per heavy atom. The van der Waals surface area contributed by atoms with Gasteiger partial charge in [-0.2, -0.15) is 0 Å². The van der Waals surface area contributed by atoms with Gasteiger partial charge in [-0.1, -0.05) is 48.5 Å². The van der Waals surface area contributed by atoms with Crippen LogP contribution in [0.4, 0.5) is 0 Å². The molecule has 1 aliphatic rings. The third kappa shape index (κ3) is 2.12. The van der Waals surface area contributed by atoms with Crippen molar-refractivity contribution < 1.29 is 8.42 Å². The monoisotopic (exact) mass is 310 g/mol. The van der Waals surface area contributed by atoms with Crippen LogP contribution in [0.2, 0.25) is 0 Å². The fourth-order valence-electron chi connectivity index (χ4n) is 3.70. The average molecular weight is 310 g/mol. The Morgan fingerprint density at radius 2 is 1.68 bits per heavy atom. The smallest absolute Gasteiger partial charge is 0.150 e. The molecule has 22 heavy (non-hydrogen) atoms. The summed E-state index contributed by atoms with van der Waals surface area (Å²) in [6.45, 7) is 0. The van der Waals surface area contributed by atoms with Gasteiger partial charge in [-0.3, -0.25) is 0 Å². The van der Waals surface area contributed by atoms with Gasteiger partial charge in [0.15, 0.2) is 9.84 Å². The predicted octanol–water partition coefficient (Wildman–Crippen LogP) is 3.89. The first-order valence-corrected chi connectivity index (χ1v) is 9.60. The summed E-state index contributed by atoms with van der Waals surface area (Å²) in [6, 6.07) is 17.1. The Balaban J connectivity index is 1.93. The molecular weight excluding hydrogens is 292 g/mol. The summed E-state index contributed by atoms with van der Waals surface area (Å²) in [7, 11) is -2.96. The fourth-order valence-corrected chi connectivity index (χ4v) is 4.73. The molecule has 0 N–H and O–H groups in total. The number of aryl methyl sites for hydroxylation is 1. The summed E-state index contributed by atoms with van der Waals surface area (Å²) in [6.07, 6.45) is 3.59. The van der Waals surface area contributed by atoms with Crippen molar-refractivity contribution in [2.45, 2.75) is 24.5 Å². The van der Waals surface area contributed by atoms with Gasteiger partial charge < -0.3 is 0 Å². The van der Waals surface area contributed by atoms with Gasteiger partial charge in [0.2, 0.25) is 0 Å². The summed E-state index contributed by atoms with van der Waals surface area (Å²) < 4.78 is 23.7. The molecule has 0 aromatic heterocycles. The third-order valence-corrected chi connectivity index (χ3v) is 6.52. The number of hydrogen-bond acceptors (Lipinski definition) is 2. The lowest BCUT2D eigenvalue weighted by Crippen LogP contribution is -2.27. The van der Waals surface area contributed by atoms with E-state index in [0.29, 0.717) is 6.42 Å². The molecule has 112 valence electrons. The lowest BCUT2D eigenvalue weighted by Gasteiger charge is -2.25. The first-order valence-electron chi connectivity index (χ1n) is 7.65. The van der Waals surface area contributed by atoms with E-state index in [4.69, 9.17) is 0 Å². The first-order chi connectivity index (χ1) is 10.5. The molecule has 0 radical (unpaired) electrons. The van der Waals surface area contributed by atoms with Crippen molar-refractivity contribution in [2.24, 2.45) is 0 Å². The van der Waals surface area contributed by atoms with Crippen LogP contribution in [0, 0.1) is 0 Å². The molecule has 0 saturated heterocycles. The zero-order valence-electron chi connectivity index (χ0n) is 12.5. The lowest BCUT2D eigenvalue weighted by atomic mass is 9.86. The summed E-state index contributed by atoms with van der Waals surface area (Å²) in [5, 5.41) is 4.85. The van der Waals surface area contributed by atoms with Crippen LogP contribution in [-0.2, 0) is 22.7 Å². The summed E-state index contributed by atoms with van der Waals surface area (Å²) in [5.41, 5.74) is 2.53. The minimum atomic E-state index is -2.96. The van der Waals surface area contributed by atoms with E-state index in [0.717, 1.165) is 12.8 Å². The van der Waals surface area contributed by atoms with Gasteiger partial charge in [0.1, 0.15) is 0 Å². The Labute approximate surface area is 130 Å². The Hall–Kier alpha value is -1.87. The standard InChI is InChI=1S/C19H18O2S/c1-22(20,21)15-8-11-17-14(12-15)7-10-18-16-5-3-2-4-13(16)6-9-19(17)18/h2-7,9-10,15H,8,11-12H2,1H3. The molecule has 0 aliphatic heterocycles. The van der Waals surface area contributed by atoms with Gasteiger partial charge in [-0.15, -0.1) is 0 Å². The SMILES string of the molecule is CS(=O)(=O)C1CCc2c(ccc3c2ccc2ccccc23)C1. The molecule has 0 bridgehead atoms. The van der Waals surface area contributed by atoms with E-state index in [2.05, 4.69) is 48.5 Å². The topological polar surface area (TPSA) is 34.1 Å². The van der Waals surface area contributed by atoms with E-state index >= 15 is 0 Å². The second kappa shape index (κ2) is 4.82. The van der Waals surface area contributed by atoms with Crippen LogP contribution in [0.5, 0.6) is 0 Å². The van der Waals surface area contributed by atoms with Crippen LogP contribution in [0.15, 0.2) is 48.5 Å². The highest BCUT2D eigenvalue weighted by molar-refractivity contribution is 7.91. The van der Waals surface area contributed by atoms with Crippen molar-refractivity contribution >= 4 is 31.4 Å². The van der Waals surface area contributed by atoms with Gasteiger partial charge in [0.05, 0.1) is 5.25 Å². The number of fused-ring (bicyclic) bond motifs is 5. The Kier molecular flexibility index (Phi) is 3.01. The quantitative estimate of drug-likeness (QED) is 0.639. The number of hydrogen-bond donors (Lipinski definition) is 0. The second-order valence-electron chi connectivity index (χ2n) is 6.28. The Morgan fingerprint density at radius 1 is 0.909 bits per heavy atom. The molecule has 3 aromatic rings. The second-order valence-corrected chi connectivity index (χ2v) is 8.61. The maximum atomic E-state index is 11.8. The van der Waals surface area contributed by atoms with Crippen LogP contribution in [-0.4, -0.2) is 19.9 Å². The molecule has 0 fully saturated rings. The maximum Gasteiger partial charge on any atom is 0.150 e. The summed E-state index contributed by atoms with van der Waals surface area (Å²) in [5.74, 6) is 0. The van der Waals surface area contributed by atoms with Crippen molar-refractivity contribution in [3.63, 3.8) is 0 Å². The van der Waals surface area contributed by atoms with Crippen LogP contribution in [0.25, 0.3) is 21.5 Å². The van der Waals surface area contributed by atoms with Crippen LogP contribution < -0.4 is 0 Å². The molecule has 3 aromatic carbocycles. The molecule has 1 aliphatic carbocycles. The van der Waals surface area contributed by atoms with E-state index in [1.807, 2.05) is 0 Å². The molecule has 2 nitrogen and oxygen atoms in total. The van der Waals surface area contributed by atoms with Crippen molar-refractivity contribution in [1.29, 1.82) is 0 Å². The van der Waals surface area contributed by atoms with Crippen LogP contribution in [0.3, 0.4) is 0 Å². The molecule has 1 atom stereocenters. The third-order valence-electron chi connectivity index (χ3n) is 4.90. The maximum absolute atomic E-state index is 11.8. The minimum absolute atomic E-state index is 0.224. The molecule has 0 amide bonds. The molecule has 0 heterocycles. The van der Waals surface area contributed by atoms with E-state index in [1.54, 1.807) is 0 Å². The van der Waals surface area contributed by atoms with Crippen molar-refractivity contribution in [3.05, 3.63) is 59.7 Å². The molecular formula is C19H18O2S. The zero-order valence-corrected chi connectivity index (χ0v) is 13.4. The van der Waals surface area contributed by atoms with Gasteiger partial charge in [0, 0.05) is 6.26 Å². The molecule has 3 heteroatoms. The van der Waals surface area contributed by atoms with E-state index in [-0.39, 0.29) is 5.25 Å². The average Bonchev–Trinajstić information content (AvgIpc) is 2.52. The normalized spacial score (nSPS) is 18.5. The highest BCUT2D eigenvalue weighted by atomic mass is 32.2. The first kappa shape index (κ1) is 13.8. The van der Waals surface area contributed by atoms with E-state index in [1.165, 1.54) is 38.9 Å². The highest BCUT2D eigenvalue weighted by Gasteiger charge is 2.27. The predicted molar refractivity (Wildman–Crippen MR) is 92.1 cm³/mol. The molecule has 4 rings (SSSR count). The van der Waals surface area contributed by atoms with Crippen molar-refractivity contribution in [1.82, 2.24) is 0 Å². The summed E-state index contributed by atoms with van der Waals surface area (Å²) in [4.78, 5) is 0. The van der Waals surface area contributed by atoms with Crippen molar-refractivity contribution in [2.75, 3.05) is 6.26 Å². The van der Waals surface area contributed by atoms with Gasteiger partial charge >= 0.3 is 0 Å². The number of sulfone groups is 1. The van der Waals surface area contributed by atoms with Crippen LogP contribution >= 0.6 is 0 Å².